The van der Waals surface area contributed by atoms with Gasteiger partial charge in [-0.3, -0.25) is 14.4 Å². The highest BCUT2D eigenvalue weighted by Crippen LogP contribution is 2.39. The zero-order chi connectivity index (χ0) is 14.7. The van der Waals surface area contributed by atoms with Crippen LogP contribution < -0.4 is 0 Å². The summed E-state index contributed by atoms with van der Waals surface area (Å²) in [5.74, 6) is -0.327. The van der Waals surface area contributed by atoms with Crippen molar-refractivity contribution in [3.63, 3.8) is 0 Å². The van der Waals surface area contributed by atoms with Crippen LogP contribution in [0.2, 0.25) is 0 Å². The SMILES string of the molecule is O=C1SC(c2ccccc2)C(=O)N1OCc1ccccc1. The Balaban J connectivity index is 1.70. The number of imide groups is 1. The molecular formula is C16H13NO3S. The minimum absolute atomic E-state index is 0.195. The molecular weight excluding hydrogens is 286 g/mol. The summed E-state index contributed by atoms with van der Waals surface area (Å²) in [6.45, 7) is 0.195. The molecule has 0 saturated carbocycles. The number of amides is 2. The van der Waals surface area contributed by atoms with E-state index >= 15 is 0 Å². The molecule has 1 aliphatic rings. The molecule has 0 aliphatic carbocycles. The van der Waals surface area contributed by atoms with Crippen LogP contribution in [0.5, 0.6) is 0 Å². The van der Waals surface area contributed by atoms with Crippen molar-refractivity contribution >= 4 is 22.9 Å². The fourth-order valence-electron chi connectivity index (χ4n) is 2.06. The summed E-state index contributed by atoms with van der Waals surface area (Å²) in [6, 6.07) is 18.7. The molecule has 3 rings (SSSR count). The van der Waals surface area contributed by atoms with Gasteiger partial charge in [0.25, 0.3) is 5.91 Å². The molecule has 1 heterocycles. The summed E-state index contributed by atoms with van der Waals surface area (Å²) in [5.41, 5.74) is 1.72. The predicted octanol–water partition coefficient (Wildman–Crippen LogP) is 3.55. The molecule has 2 aromatic rings. The summed E-state index contributed by atoms with van der Waals surface area (Å²) >= 11 is 0.982. The summed E-state index contributed by atoms with van der Waals surface area (Å²) < 4.78 is 0. The van der Waals surface area contributed by atoms with Crippen LogP contribution >= 0.6 is 11.8 Å². The van der Waals surface area contributed by atoms with Gasteiger partial charge in [-0.1, -0.05) is 60.7 Å². The number of hydroxylamine groups is 2. The highest BCUT2D eigenvalue weighted by atomic mass is 32.2. The number of benzene rings is 2. The number of hydrogen-bond acceptors (Lipinski definition) is 4. The number of thioether (sulfide) groups is 1. The Morgan fingerprint density at radius 2 is 1.57 bits per heavy atom. The third-order valence-corrected chi connectivity index (χ3v) is 4.19. The van der Waals surface area contributed by atoms with E-state index in [1.807, 2.05) is 60.7 Å². The molecule has 2 amide bonds. The van der Waals surface area contributed by atoms with Gasteiger partial charge in [-0.2, -0.15) is 0 Å². The van der Waals surface area contributed by atoms with Gasteiger partial charge in [-0.05, 0) is 22.9 Å². The van der Waals surface area contributed by atoms with E-state index in [0.717, 1.165) is 28.0 Å². The number of carbonyl (C=O) groups is 2. The molecule has 1 unspecified atom stereocenters. The Morgan fingerprint density at radius 1 is 0.952 bits per heavy atom. The molecule has 0 N–H and O–H groups in total. The van der Waals surface area contributed by atoms with Gasteiger partial charge in [0.1, 0.15) is 11.9 Å². The fraction of sp³-hybridized carbons (Fsp3) is 0.125. The lowest BCUT2D eigenvalue weighted by Crippen LogP contribution is -2.29. The lowest BCUT2D eigenvalue weighted by Gasteiger charge is -2.13. The van der Waals surface area contributed by atoms with Crippen molar-refractivity contribution in [3.8, 4) is 0 Å². The van der Waals surface area contributed by atoms with Crippen LogP contribution in [0.25, 0.3) is 0 Å². The second-order valence-electron chi connectivity index (χ2n) is 4.57. The smallest absolute Gasteiger partial charge is 0.270 e. The van der Waals surface area contributed by atoms with Crippen molar-refractivity contribution in [1.29, 1.82) is 0 Å². The number of hydrogen-bond donors (Lipinski definition) is 0. The van der Waals surface area contributed by atoms with Crippen molar-refractivity contribution in [2.24, 2.45) is 0 Å². The summed E-state index contributed by atoms with van der Waals surface area (Å²) in [6.07, 6.45) is 0. The van der Waals surface area contributed by atoms with Crippen LogP contribution in [0.15, 0.2) is 60.7 Å². The topological polar surface area (TPSA) is 46.6 Å². The van der Waals surface area contributed by atoms with Gasteiger partial charge in [0, 0.05) is 0 Å². The van der Waals surface area contributed by atoms with E-state index in [-0.39, 0.29) is 17.8 Å². The van der Waals surface area contributed by atoms with E-state index in [2.05, 4.69) is 0 Å². The molecule has 1 aliphatic heterocycles. The highest BCUT2D eigenvalue weighted by molar-refractivity contribution is 8.14. The van der Waals surface area contributed by atoms with E-state index in [9.17, 15) is 9.59 Å². The molecule has 5 heteroatoms. The first-order chi connectivity index (χ1) is 10.3. The van der Waals surface area contributed by atoms with Crippen molar-refractivity contribution < 1.29 is 14.4 Å². The van der Waals surface area contributed by atoms with Crippen LogP contribution in [0, 0.1) is 0 Å². The molecule has 0 spiro atoms. The van der Waals surface area contributed by atoms with E-state index in [4.69, 9.17) is 4.84 Å². The molecule has 4 nitrogen and oxygen atoms in total. The molecule has 21 heavy (non-hydrogen) atoms. The van der Waals surface area contributed by atoms with Gasteiger partial charge in [0.15, 0.2) is 0 Å². The van der Waals surface area contributed by atoms with Crippen LogP contribution in [0.3, 0.4) is 0 Å². The first-order valence-corrected chi connectivity index (χ1v) is 7.40. The number of rotatable bonds is 4. The van der Waals surface area contributed by atoms with Gasteiger partial charge < -0.3 is 0 Å². The molecule has 0 bridgehead atoms. The van der Waals surface area contributed by atoms with Crippen LogP contribution in [0.4, 0.5) is 4.79 Å². The van der Waals surface area contributed by atoms with E-state index < -0.39 is 5.25 Å². The van der Waals surface area contributed by atoms with Crippen molar-refractivity contribution in [2.45, 2.75) is 11.9 Å². The Kier molecular flexibility index (Phi) is 4.03. The molecule has 1 fully saturated rings. The minimum Gasteiger partial charge on any atom is -0.270 e. The molecule has 106 valence electrons. The van der Waals surface area contributed by atoms with Crippen LogP contribution in [-0.2, 0) is 16.2 Å². The quantitative estimate of drug-likeness (QED) is 0.866. The van der Waals surface area contributed by atoms with Gasteiger partial charge in [-0.15, -0.1) is 5.06 Å². The molecule has 2 aromatic carbocycles. The van der Waals surface area contributed by atoms with Gasteiger partial charge >= 0.3 is 5.24 Å². The van der Waals surface area contributed by atoms with E-state index in [1.165, 1.54) is 0 Å². The molecule has 1 saturated heterocycles. The third kappa shape index (κ3) is 2.99. The largest absolute Gasteiger partial charge is 0.313 e. The minimum atomic E-state index is -0.519. The normalized spacial score (nSPS) is 18.3. The highest BCUT2D eigenvalue weighted by Gasteiger charge is 2.41. The maximum absolute atomic E-state index is 12.3. The van der Waals surface area contributed by atoms with Crippen molar-refractivity contribution in [2.75, 3.05) is 0 Å². The third-order valence-electron chi connectivity index (χ3n) is 3.11. The predicted molar refractivity (Wildman–Crippen MR) is 80.2 cm³/mol. The Hall–Kier alpha value is -2.11. The van der Waals surface area contributed by atoms with E-state index in [0.29, 0.717) is 0 Å². The zero-order valence-electron chi connectivity index (χ0n) is 11.1. The average Bonchev–Trinajstić information content (AvgIpc) is 2.82. The lowest BCUT2D eigenvalue weighted by atomic mass is 10.1. The molecule has 0 radical (unpaired) electrons. The second-order valence-corrected chi connectivity index (χ2v) is 5.62. The molecule has 1 atom stereocenters. The first-order valence-electron chi connectivity index (χ1n) is 6.52. The average molecular weight is 299 g/mol. The second kappa shape index (κ2) is 6.11. The van der Waals surface area contributed by atoms with E-state index in [1.54, 1.807) is 0 Å². The first kappa shape index (κ1) is 13.9. The van der Waals surface area contributed by atoms with Crippen LogP contribution in [-0.4, -0.2) is 16.2 Å². The van der Waals surface area contributed by atoms with Gasteiger partial charge in [0.05, 0.1) is 0 Å². The fourth-order valence-corrected chi connectivity index (χ4v) is 2.99. The van der Waals surface area contributed by atoms with Crippen molar-refractivity contribution in [3.05, 3.63) is 71.8 Å². The Morgan fingerprint density at radius 3 is 2.24 bits per heavy atom. The number of nitrogens with zero attached hydrogens (tertiary/aromatic N) is 1. The summed E-state index contributed by atoms with van der Waals surface area (Å²) in [7, 11) is 0. The van der Waals surface area contributed by atoms with Crippen LogP contribution in [0.1, 0.15) is 16.4 Å². The Labute approximate surface area is 126 Å². The number of carbonyl (C=O) groups excluding carboxylic acids is 2. The van der Waals surface area contributed by atoms with Gasteiger partial charge in [0.2, 0.25) is 0 Å². The maximum Gasteiger partial charge on any atom is 0.313 e. The summed E-state index contributed by atoms with van der Waals surface area (Å²) in [5, 5.41) is -0.0192. The zero-order valence-corrected chi connectivity index (χ0v) is 12.0. The lowest BCUT2D eigenvalue weighted by molar-refractivity contribution is -0.167. The summed E-state index contributed by atoms with van der Waals surface area (Å²) in [4.78, 5) is 29.6. The van der Waals surface area contributed by atoms with Gasteiger partial charge in [-0.25, -0.2) is 0 Å². The maximum atomic E-state index is 12.3. The monoisotopic (exact) mass is 299 g/mol. The Bertz CT molecular complexity index is 645. The standard InChI is InChI=1S/C16H13NO3S/c18-15-14(13-9-5-2-6-10-13)21-16(19)17(15)20-11-12-7-3-1-4-8-12/h1-10,14H,11H2. The molecule has 0 aromatic heterocycles. The van der Waals surface area contributed by atoms with Crippen molar-refractivity contribution in [1.82, 2.24) is 5.06 Å².